The highest BCUT2D eigenvalue weighted by Crippen LogP contribution is 2.17. The number of nitrogens with one attached hydrogen (secondary N) is 1. The molecule has 1 rings (SSSR count). The first-order chi connectivity index (χ1) is 9.85. The molecule has 1 aromatic rings. The summed E-state index contributed by atoms with van der Waals surface area (Å²) in [7, 11) is 5.96. The molecule has 0 heterocycles. The summed E-state index contributed by atoms with van der Waals surface area (Å²) in [6.07, 6.45) is 0. The van der Waals surface area contributed by atoms with Gasteiger partial charge in [-0.2, -0.15) is 0 Å². The Labute approximate surface area is 129 Å². The molecule has 1 N–H and O–H groups in total. The van der Waals surface area contributed by atoms with Crippen molar-refractivity contribution < 1.29 is 4.79 Å². The van der Waals surface area contributed by atoms with E-state index in [1.165, 1.54) is 0 Å². The van der Waals surface area contributed by atoms with Crippen molar-refractivity contribution in [1.82, 2.24) is 9.80 Å². The van der Waals surface area contributed by atoms with Crippen LogP contribution in [0.15, 0.2) is 18.2 Å². The Hall–Kier alpha value is -1.55. The van der Waals surface area contributed by atoms with E-state index in [9.17, 15) is 4.79 Å². The van der Waals surface area contributed by atoms with Crippen molar-refractivity contribution in [3.05, 3.63) is 29.3 Å². The number of rotatable bonds is 7. The standard InChI is InChI=1S/C17H29N3O/c1-13(2)12-20(10-9-19(5)6)17(21)15-7-8-16(18-4)14(3)11-15/h7-8,11,13,18H,9-10,12H2,1-6H3. The minimum absolute atomic E-state index is 0.122. The van der Waals surface area contributed by atoms with Gasteiger partial charge >= 0.3 is 0 Å². The first-order valence-corrected chi connectivity index (χ1v) is 7.57. The van der Waals surface area contributed by atoms with Crippen molar-refractivity contribution in [2.24, 2.45) is 5.92 Å². The zero-order valence-electron chi connectivity index (χ0n) is 14.2. The molecule has 0 aromatic heterocycles. The average Bonchev–Trinajstić information content (AvgIpc) is 2.42. The van der Waals surface area contributed by atoms with Crippen LogP contribution >= 0.6 is 0 Å². The largest absolute Gasteiger partial charge is 0.388 e. The monoisotopic (exact) mass is 291 g/mol. The molecule has 0 unspecified atom stereocenters. The van der Waals surface area contributed by atoms with Crippen molar-refractivity contribution in [2.45, 2.75) is 20.8 Å². The normalized spacial score (nSPS) is 11.0. The van der Waals surface area contributed by atoms with Gasteiger partial charge in [0, 0.05) is 37.9 Å². The van der Waals surface area contributed by atoms with Crippen molar-refractivity contribution in [3.63, 3.8) is 0 Å². The number of anilines is 1. The molecule has 1 aromatic carbocycles. The molecule has 0 saturated heterocycles. The molecule has 4 nitrogen and oxygen atoms in total. The summed E-state index contributed by atoms with van der Waals surface area (Å²) in [6, 6.07) is 5.85. The van der Waals surface area contributed by atoms with E-state index in [1.807, 2.05) is 51.2 Å². The van der Waals surface area contributed by atoms with Gasteiger partial charge < -0.3 is 15.1 Å². The van der Waals surface area contributed by atoms with Crippen LogP contribution in [0.3, 0.4) is 0 Å². The lowest BCUT2D eigenvalue weighted by Crippen LogP contribution is -2.39. The van der Waals surface area contributed by atoms with E-state index in [0.717, 1.165) is 36.4 Å². The molecular weight excluding hydrogens is 262 g/mol. The van der Waals surface area contributed by atoms with Crippen molar-refractivity contribution >= 4 is 11.6 Å². The van der Waals surface area contributed by atoms with E-state index in [4.69, 9.17) is 0 Å². The third kappa shape index (κ3) is 5.38. The SMILES string of the molecule is CNc1ccc(C(=O)N(CCN(C)C)CC(C)C)cc1C. The summed E-state index contributed by atoms with van der Waals surface area (Å²) in [5.74, 6) is 0.588. The number of amides is 1. The van der Waals surface area contributed by atoms with Gasteiger partial charge in [0.15, 0.2) is 0 Å². The van der Waals surface area contributed by atoms with Crippen molar-refractivity contribution in [1.29, 1.82) is 0 Å². The van der Waals surface area contributed by atoms with Gasteiger partial charge in [0.1, 0.15) is 0 Å². The van der Waals surface area contributed by atoms with Crippen LogP contribution in [0.25, 0.3) is 0 Å². The number of hydrogen-bond donors (Lipinski definition) is 1. The Morgan fingerprint density at radius 2 is 1.90 bits per heavy atom. The van der Waals surface area contributed by atoms with Gasteiger partial charge in [-0.3, -0.25) is 4.79 Å². The Morgan fingerprint density at radius 3 is 2.38 bits per heavy atom. The number of benzene rings is 1. The van der Waals surface area contributed by atoms with Crippen LogP contribution < -0.4 is 5.32 Å². The van der Waals surface area contributed by atoms with Crippen molar-refractivity contribution in [2.75, 3.05) is 46.1 Å². The minimum Gasteiger partial charge on any atom is -0.388 e. The van der Waals surface area contributed by atoms with Gasteiger partial charge in [0.25, 0.3) is 5.91 Å². The van der Waals surface area contributed by atoms with E-state index in [0.29, 0.717) is 5.92 Å². The topological polar surface area (TPSA) is 35.6 Å². The zero-order chi connectivity index (χ0) is 16.0. The minimum atomic E-state index is 0.122. The first-order valence-electron chi connectivity index (χ1n) is 7.57. The van der Waals surface area contributed by atoms with Crippen LogP contribution in [0, 0.1) is 12.8 Å². The highest BCUT2D eigenvalue weighted by atomic mass is 16.2. The highest BCUT2D eigenvalue weighted by molar-refractivity contribution is 5.95. The molecule has 0 atom stereocenters. The van der Waals surface area contributed by atoms with Gasteiger partial charge in [-0.15, -0.1) is 0 Å². The van der Waals surface area contributed by atoms with E-state index in [1.54, 1.807) is 0 Å². The van der Waals surface area contributed by atoms with Gasteiger partial charge in [-0.05, 0) is 50.7 Å². The van der Waals surface area contributed by atoms with Crippen LogP contribution in [0.4, 0.5) is 5.69 Å². The lowest BCUT2D eigenvalue weighted by molar-refractivity contribution is 0.0724. The van der Waals surface area contributed by atoms with Crippen LogP contribution in [-0.4, -0.2) is 56.5 Å². The lowest BCUT2D eigenvalue weighted by atomic mass is 10.1. The predicted octanol–water partition coefficient (Wildman–Crippen LogP) is 2.70. The van der Waals surface area contributed by atoms with Crippen LogP contribution in [0.5, 0.6) is 0 Å². The smallest absolute Gasteiger partial charge is 0.253 e. The number of carbonyl (C=O) groups is 1. The molecular formula is C17H29N3O. The molecule has 0 aliphatic heterocycles. The first kappa shape index (κ1) is 17.5. The van der Waals surface area contributed by atoms with Gasteiger partial charge in [0.2, 0.25) is 0 Å². The second-order valence-corrected chi connectivity index (χ2v) is 6.23. The molecule has 0 saturated carbocycles. The maximum absolute atomic E-state index is 12.7. The summed E-state index contributed by atoms with van der Waals surface area (Å²) in [6.45, 7) is 8.74. The zero-order valence-corrected chi connectivity index (χ0v) is 14.2. The second kappa shape index (κ2) is 8.03. The Morgan fingerprint density at radius 1 is 1.24 bits per heavy atom. The van der Waals surface area contributed by atoms with E-state index in [2.05, 4.69) is 24.1 Å². The predicted molar refractivity (Wildman–Crippen MR) is 90.0 cm³/mol. The fourth-order valence-corrected chi connectivity index (χ4v) is 2.30. The molecule has 4 heteroatoms. The van der Waals surface area contributed by atoms with E-state index >= 15 is 0 Å². The Balaban J connectivity index is 2.90. The van der Waals surface area contributed by atoms with E-state index in [-0.39, 0.29) is 5.91 Å². The molecule has 0 spiro atoms. The van der Waals surface area contributed by atoms with Crippen LogP contribution in [0.1, 0.15) is 29.8 Å². The fraction of sp³-hybridized carbons (Fsp3) is 0.588. The van der Waals surface area contributed by atoms with Crippen LogP contribution in [0.2, 0.25) is 0 Å². The third-order valence-corrected chi connectivity index (χ3v) is 3.43. The van der Waals surface area contributed by atoms with E-state index < -0.39 is 0 Å². The Bertz CT molecular complexity index is 469. The quantitative estimate of drug-likeness (QED) is 0.839. The maximum Gasteiger partial charge on any atom is 0.253 e. The number of likely N-dealkylation sites (N-methyl/N-ethyl adjacent to an activating group) is 1. The third-order valence-electron chi connectivity index (χ3n) is 3.43. The molecule has 0 fully saturated rings. The molecule has 1 amide bonds. The summed E-state index contributed by atoms with van der Waals surface area (Å²) in [5.41, 5.74) is 2.93. The summed E-state index contributed by atoms with van der Waals surface area (Å²) >= 11 is 0. The average molecular weight is 291 g/mol. The summed E-state index contributed by atoms with van der Waals surface area (Å²) < 4.78 is 0. The van der Waals surface area contributed by atoms with Gasteiger partial charge in [-0.25, -0.2) is 0 Å². The molecule has 0 aliphatic carbocycles. The molecule has 0 radical (unpaired) electrons. The lowest BCUT2D eigenvalue weighted by Gasteiger charge is -2.26. The van der Waals surface area contributed by atoms with Gasteiger partial charge in [0.05, 0.1) is 0 Å². The summed E-state index contributed by atoms with van der Waals surface area (Å²) in [5, 5.41) is 3.13. The molecule has 0 aliphatic rings. The Kier molecular flexibility index (Phi) is 6.69. The number of nitrogens with zero attached hydrogens (tertiary/aromatic N) is 2. The number of aryl methyl sites for hydroxylation is 1. The van der Waals surface area contributed by atoms with Crippen LogP contribution in [-0.2, 0) is 0 Å². The van der Waals surface area contributed by atoms with Crippen molar-refractivity contribution in [3.8, 4) is 0 Å². The summed E-state index contributed by atoms with van der Waals surface area (Å²) in [4.78, 5) is 16.8. The number of carbonyl (C=O) groups excluding carboxylic acids is 1. The highest BCUT2D eigenvalue weighted by Gasteiger charge is 2.17. The number of hydrogen-bond acceptors (Lipinski definition) is 3. The molecule has 0 bridgehead atoms. The van der Waals surface area contributed by atoms with Gasteiger partial charge in [-0.1, -0.05) is 13.8 Å². The molecule has 21 heavy (non-hydrogen) atoms. The maximum atomic E-state index is 12.7. The second-order valence-electron chi connectivity index (χ2n) is 6.23. The molecule has 118 valence electrons. The fourth-order valence-electron chi connectivity index (χ4n) is 2.30.